The number of esters is 1. The van der Waals surface area contributed by atoms with Crippen molar-refractivity contribution in [2.75, 3.05) is 6.61 Å². The molecular weight excluding hydrogens is 226 g/mol. The fourth-order valence-electron chi connectivity index (χ4n) is 1.45. The molecule has 0 aromatic heterocycles. The van der Waals surface area contributed by atoms with E-state index in [1.54, 1.807) is 6.92 Å². The second kappa shape index (κ2) is 9.47. The lowest BCUT2D eigenvalue weighted by Crippen LogP contribution is -2.15. The van der Waals surface area contributed by atoms with Crippen molar-refractivity contribution in [3.8, 4) is 6.07 Å². The summed E-state index contributed by atoms with van der Waals surface area (Å²) in [6, 6.07) is 1.99. The van der Waals surface area contributed by atoms with Gasteiger partial charge in [-0.2, -0.15) is 5.26 Å². The van der Waals surface area contributed by atoms with E-state index in [-0.39, 0.29) is 0 Å². The smallest absolute Gasteiger partial charge is 0.323 e. The first kappa shape index (κ1) is 16.4. The zero-order chi connectivity index (χ0) is 14.0. The molecule has 0 rings (SSSR count). The highest BCUT2D eigenvalue weighted by atomic mass is 16.5. The van der Waals surface area contributed by atoms with Crippen molar-refractivity contribution in [2.24, 2.45) is 5.92 Å². The highest BCUT2D eigenvalue weighted by Crippen LogP contribution is 2.12. The van der Waals surface area contributed by atoms with Crippen LogP contribution in [0.15, 0.2) is 23.3 Å². The van der Waals surface area contributed by atoms with Gasteiger partial charge in [0.15, 0.2) is 0 Å². The number of ether oxygens (including phenoxy) is 1. The van der Waals surface area contributed by atoms with Crippen LogP contribution in [0.5, 0.6) is 0 Å². The molecule has 0 aliphatic rings. The Bertz CT molecular complexity index is 357. The van der Waals surface area contributed by atoms with Gasteiger partial charge in [-0.05, 0) is 47.0 Å². The van der Waals surface area contributed by atoms with Crippen LogP contribution in [-0.2, 0) is 9.53 Å². The fourth-order valence-corrected chi connectivity index (χ4v) is 1.45. The molecule has 0 radical (unpaired) electrons. The SMILES string of the molecule is CCOC(=O)C(C#N)C/C=C(\C)CCC=C(C)C. The number of allylic oxidation sites excluding steroid dienone is 4. The molecule has 0 aromatic rings. The Hall–Kier alpha value is -1.56. The maximum atomic E-state index is 11.4. The minimum Gasteiger partial charge on any atom is -0.465 e. The number of carbonyl (C=O) groups excluding carboxylic acids is 1. The average molecular weight is 249 g/mol. The van der Waals surface area contributed by atoms with E-state index in [1.165, 1.54) is 11.1 Å². The van der Waals surface area contributed by atoms with Crippen molar-refractivity contribution >= 4 is 5.97 Å². The molecule has 3 heteroatoms. The number of hydrogen-bond donors (Lipinski definition) is 0. The zero-order valence-electron chi connectivity index (χ0n) is 11.8. The summed E-state index contributed by atoms with van der Waals surface area (Å²) in [5.74, 6) is -1.10. The fraction of sp³-hybridized carbons (Fsp3) is 0.600. The minimum atomic E-state index is -0.677. The van der Waals surface area contributed by atoms with E-state index in [4.69, 9.17) is 10.00 Å². The van der Waals surface area contributed by atoms with E-state index in [2.05, 4.69) is 19.9 Å². The summed E-state index contributed by atoms with van der Waals surface area (Å²) < 4.78 is 4.84. The molecule has 0 fully saturated rings. The van der Waals surface area contributed by atoms with E-state index in [0.29, 0.717) is 13.0 Å². The minimum absolute atomic E-state index is 0.320. The van der Waals surface area contributed by atoms with Gasteiger partial charge in [-0.1, -0.05) is 23.3 Å². The maximum absolute atomic E-state index is 11.4. The van der Waals surface area contributed by atoms with Crippen molar-refractivity contribution in [3.63, 3.8) is 0 Å². The largest absolute Gasteiger partial charge is 0.465 e. The molecule has 0 aromatic carbocycles. The van der Waals surface area contributed by atoms with Crippen molar-refractivity contribution in [1.82, 2.24) is 0 Å². The molecule has 0 saturated heterocycles. The quantitative estimate of drug-likeness (QED) is 0.509. The molecule has 3 nitrogen and oxygen atoms in total. The summed E-state index contributed by atoms with van der Waals surface area (Å²) in [6.45, 7) is 8.24. The Balaban J connectivity index is 4.21. The molecule has 1 atom stereocenters. The van der Waals surface area contributed by atoms with Gasteiger partial charge >= 0.3 is 5.97 Å². The third-order valence-corrected chi connectivity index (χ3v) is 2.52. The maximum Gasteiger partial charge on any atom is 0.323 e. The van der Waals surface area contributed by atoms with Crippen molar-refractivity contribution < 1.29 is 9.53 Å². The molecular formula is C15H23NO2. The molecule has 100 valence electrons. The number of hydrogen-bond acceptors (Lipinski definition) is 3. The van der Waals surface area contributed by atoms with Crippen LogP contribution in [0.3, 0.4) is 0 Å². The lowest BCUT2D eigenvalue weighted by molar-refractivity contribution is -0.145. The summed E-state index contributed by atoms with van der Waals surface area (Å²) in [6.07, 6.45) is 6.55. The second-order valence-electron chi connectivity index (χ2n) is 4.54. The normalized spacial score (nSPS) is 12.5. The van der Waals surface area contributed by atoms with Gasteiger partial charge in [0.2, 0.25) is 0 Å². The highest BCUT2D eigenvalue weighted by molar-refractivity contribution is 5.75. The standard InChI is InChI=1S/C15H23NO2/c1-5-18-15(17)14(11-16)10-9-13(4)8-6-7-12(2)3/h7,9,14H,5-6,8,10H2,1-4H3/b13-9+. The Labute approximate surface area is 110 Å². The predicted molar refractivity (Wildman–Crippen MR) is 72.8 cm³/mol. The number of nitriles is 1. The number of rotatable bonds is 7. The lowest BCUT2D eigenvalue weighted by Gasteiger charge is -2.06. The van der Waals surface area contributed by atoms with E-state index in [9.17, 15) is 4.79 Å². The topological polar surface area (TPSA) is 50.1 Å². The summed E-state index contributed by atoms with van der Waals surface area (Å²) in [5.41, 5.74) is 2.52. The summed E-state index contributed by atoms with van der Waals surface area (Å²) >= 11 is 0. The Morgan fingerprint density at radius 1 is 1.33 bits per heavy atom. The predicted octanol–water partition coefficient (Wildman–Crippen LogP) is 3.77. The first-order valence-electron chi connectivity index (χ1n) is 6.36. The third kappa shape index (κ3) is 7.67. The van der Waals surface area contributed by atoms with Crippen molar-refractivity contribution in [3.05, 3.63) is 23.3 Å². The summed E-state index contributed by atoms with van der Waals surface area (Å²) in [5, 5.41) is 8.90. The molecule has 0 N–H and O–H groups in total. The van der Waals surface area contributed by atoms with Gasteiger partial charge in [-0.15, -0.1) is 0 Å². The third-order valence-electron chi connectivity index (χ3n) is 2.52. The Morgan fingerprint density at radius 2 is 2.00 bits per heavy atom. The van der Waals surface area contributed by atoms with Crippen LogP contribution >= 0.6 is 0 Å². The van der Waals surface area contributed by atoms with E-state index >= 15 is 0 Å². The van der Waals surface area contributed by atoms with Crippen LogP contribution in [0, 0.1) is 17.2 Å². The molecule has 0 saturated carbocycles. The first-order chi connectivity index (χ1) is 8.51. The summed E-state index contributed by atoms with van der Waals surface area (Å²) in [7, 11) is 0. The number of carbonyl (C=O) groups is 1. The van der Waals surface area contributed by atoms with Crippen LogP contribution in [0.25, 0.3) is 0 Å². The van der Waals surface area contributed by atoms with Gasteiger partial charge in [0.25, 0.3) is 0 Å². The molecule has 0 aliphatic heterocycles. The average Bonchev–Trinajstić information content (AvgIpc) is 2.29. The van der Waals surface area contributed by atoms with Gasteiger partial charge in [0, 0.05) is 0 Å². The van der Waals surface area contributed by atoms with Crippen LogP contribution in [0.4, 0.5) is 0 Å². The van der Waals surface area contributed by atoms with Crippen LogP contribution < -0.4 is 0 Å². The van der Waals surface area contributed by atoms with Gasteiger partial charge in [-0.3, -0.25) is 4.79 Å². The molecule has 0 aliphatic carbocycles. The molecule has 1 unspecified atom stereocenters. The van der Waals surface area contributed by atoms with Crippen molar-refractivity contribution in [1.29, 1.82) is 5.26 Å². The zero-order valence-corrected chi connectivity index (χ0v) is 11.8. The molecule has 0 heterocycles. The monoisotopic (exact) mass is 249 g/mol. The molecule has 0 spiro atoms. The number of nitrogens with zero attached hydrogens (tertiary/aromatic N) is 1. The van der Waals surface area contributed by atoms with Crippen LogP contribution in [0.1, 0.15) is 47.0 Å². The lowest BCUT2D eigenvalue weighted by atomic mass is 10.0. The molecule has 0 amide bonds. The Morgan fingerprint density at radius 3 is 2.50 bits per heavy atom. The first-order valence-corrected chi connectivity index (χ1v) is 6.36. The van der Waals surface area contributed by atoms with E-state index in [0.717, 1.165) is 12.8 Å². The van der Waals surface area contributed by atoms with Gasteiger partial charge < -0.3 is 4.74 Å². The van der Waals surface area contributed by atoms with Crippen LogP contribution in [-0.4, -0.2) is 12.6 Å². The summed E-state index contributed by atoms with van der Waals surface area (Å²) in [4.78, 5) is 11.4. The van der Waals surface area contributed by atoms with Gasteiger partial charge in [0.05, 0.1) is 12.7 Å². The van der Waals surface area contributed by atoms with E-state index in [1.807, 2.05) is 19.1 Å². The second-order valence-corrected chi connectivity index (χ2v) is 4.54. The molecule has 0 bridgehead atoms. The van der Waals surface area contributed by atoms with Crippen LogP contribution in [0.2, 0.25) is 0 Å². The van der Waals surface area contributed by atoms with Crippen molar-refractivity contribution in [2.45, 2.75) is 47.0 Å². The van der Waals surface area contributed by atoms with E-state index < -0.39 is 11.9 Å². The Kier molecular flexibility index (Phi) is 8.65. The van der Waals surface area contributed by atoms with Gasteiger partial charge in [0.1, 0.15) is 5.92 Å². The van der Waals surface area contributed by atoms with Gasteiger partial charge in [-0.25, -0.2) is 0 Å². The molecule has 18 heavy (non-hydrogen) atoms. The highest BCUT2D eigenvalue weighted by Gasteiger charge is 2.17.